The molecule has 0 unspecified atom stereocenters. The standard InChI is InChI=1S/C16H24N2O/c1-13-5-4-6-14(11-13)7-10-18(3)15(19)16(8-9-16)12-17-2/h4-6,11,17H,7-10,12H2,1-3H3. The van der Waals surface area contributed by atoms with Gasteiger partial charge in [0, 0.05) is 20.1 Å². The molecule has 0 saturated heterocycles. The topological polar surface area (TPSA) is 32.3 Å². The van der Waals surface area contributed by atoms with Gasteiger partial charge in [-0.2, -0.15) is 0 Å². The summed E-state index contributed by atoms with van der Waals surface area (Å²) in [6.45, 7) is 3.71. The van der Waals surface area contributed by atoms with E-state index in [9.17, 15) is 4.79 Å². The maximum Gasteiger partial charge on any atom is 0.229 e. The van der Waals surface area contributed by atoms with Gasteiger partial charge in [0.2, 0.25) is 5.91 Å². The lowest BCUT2D eigenvalue weighted by molar-refractivity contribution is -0.135. The average molecular weight is 260 g/mol. The summed E-state index contributed by atoms with van der Waals surface area (Å²) < 4.78 is 0. The van der Waals surface area contributed by atoms with Gasteiger partial charge in [-0.15, -0.1) is 0 Å². The Hall–Kier alpha value is -1.35. The number of amides is 1. The molecule has 1 saturated carbocycles. The molecule has 0 aliphatic heterocycles. The number of carbonyl (C=O) groups excluding carboxylic acids is 1. The van der Waals surface area contributed by atoms with Gasteiger partial charge < -0.3 is 10.2 Å². The third-order valence-electron chi connectivity index (χ3n) is 3.99. The van der Waals surface area contributed by atoms with Crippen molar-refractivity contribution >= 4 is 5.91 Å². The van der Waals surface area contributed by atoms with Crippen molar-refractivity contribution < 1.29 is 4.79 Å². The Morgan fingerprint density at radius 1 is 1.42 bits per heavy atom. The molecule has 104 valence electrons. The van der Waals surface area contributed by atoms with E-state index < -0.39 is 0 Å². The molecule has 1 N–H and O–H groups in total. The molecule has 1 aliphatic rings. The Labute approximate surface area is 116 Å². The van der Waals surface area contributed by atoms with Crippen LogP contribution in [0.15, 0.2) is 24.3 Å². The van der Waals surface area contributed by atoms with Gasteiger partial charge in [0.25, 0.3) is 0 Å². The lowest BCUT2D eigenvalue weighted by Crippen LogP contribution is -2.39. The normalized spacial score (nSPS) is 16.2. The highest BCUT2D eigenvalue weighted by atomic mass is 16.2. The third kappa shape index (κ3) is 3.35. The van der Waals surface area contributed by atoms with E-state index in [4.69, 9.17) is 0 Å². The number of aryl methyl sites for hydroxylation is 1. The summed E-state index contributed by atoms with van der Waals surface area (Å²) in [7, 11) is 3.84. The number of likely N-dealkylation sites (N-methyl/N-ethyl adjacent to an activating group) is 1. The summed E-state index contributed by atoms with van der Waals surface area (Å²) in [6.07, 6.45) is 2.99. The summed E-state index contributed by atoms with van der Waals surface area (Å²) in [5.41, 5.74) is 2.48. The van der Waals surface area contributed by atoms with Crippen molar-refractivity contribution in [3.8, 4) is 0 Å². The van der Waals surface area contributed by atoms with E-state index in [1.165, 1.54) is 11.1 Å². The Balaban J connectivity index is 1.88. The van der Waals surface area contributed by atoms with Crippen molar-refractivity contribution in [3.63, 3.8) is 0 Å². The van der Waals surface area contributed by atoms with E-state index >= 15 is 0 Å². The van der Waals surface area contributed by atoms with Gasteiger partial charge in [-0.3, -0.25) is 4.79 Å². The molecule has 0 heterocycles. The first-order valence-corrected chi connectivity index (χ1v) is 7.03. The highest BCUT2D eigenvalue weighted by molar-refractivity contribution is 5.85. The number of nitrogens with one attached hydrogen (secondary N) is 1. The minimum absolute atomic E-state index is 0.101. The summed E-state index contributed by atoms with van der Waals surface area (Å²) in [4.78, 5) is 14.3. The molecule has 19 heavy (non-hydrogen) atoms. The predicted molar refractivity (Wildman–Crippen MR) is 78.1 cm³/mol. The van der Waals surface area contributed by atoms with Crippen LogP contribution in [0.4, 0.5) is 0 Å². The van der Waals surface area contributed by atoms with Crippen molar-refractivity contribution in [2.45, 2.75) is 26.2 Å². The zero-order valence-electron chi connectivity index (χ0n) is 12.2. The fourth-order valence-electron chi connectivity index (χ4n) is 2.63. The number of nitrogens with zero attached hydrogens (tertiary/aromatic N) is 1. The Morgan fingerprint density at radius 2 is 2.16 bits per heavy atom. The quantitative estimate of drug-likeness (QED) is 0.848. The summed E-state index contributed by atoms with van der Waals surface area (Å²) in [6, 6.07) is 8.50. The Kier molecular flexibility index (Phi) is 4.25. The molecular weight excluding hydrogens is 236 g/mol. The maximum absolute atomic E-state index is 12.4. The fraction of sp³-hybridized carbons (Fsp3) is 0.562. The number of benzene rings is 1. The van der Waals surface area contributed by atoms with Crippen molar-refractivity contribution in [1.29, 1.82) is 0 Å². The first kappa shape index (κ1) is 14.1. The van der Waals surface area contributed by atoms with Crippen LogP contribution in [0, 0.1) is 12.3 Å². The predicted octanol–water partition coefficient (Wildman–Crippen LogP) is 2.00. The second kappa shape index (κ2) is 5.74. The zero-order valence-corrected chi connectivity index (χ0v) is 12.2. The largest absolute Gasteiger partial charge is 0.345 e. The van der Waals surface area contributed by atoms with E-state index in [-0.39, 0.29) is 5.41 Å². The first-order valence-electron chi connectivity index (χ1n) is 7.03. The van der Waals surface area contributed by atoms with Crippen LogP contribution >= 0.6 is 0 Å². The number of rotatable bonds is 6. The number of hydrogen-bond donors (Lipinski definition) is 1. The van der Waals surface area contributed by atoms with Crippen molar-refractivity contribution in [1.82, 2.24) is 10.2 Å². The van der Waals surface area contributed by atoms with Crippen LogP contribution in [-0.2, 0) is 11.2 Å². The van der Waals surface area contributed by atoms with E-state index in [1.54, 1.807) is 0 Å². The minimum atomic E-state index is -0.101. The molecule has 1 aromatic carbocycles. The molecule has 3 heteroatoms. The van der Waals surface area contributed by atoms with Gasteiger partial charge in [-0.25, -0.2) is 0 Å². The van der Waals surface area contributed by atoms with Gasteiger partial charge in [0.05, 0.1) is 5.41 Å². The zero-order chi connectivity index (χ0) is 13.9. The van der Waals surface area contributed by atoms with E-state index in [0.717, 1.165) is 32.4 Å². The van der Waals surface area contributed by atoms with Crippen molar-refractivity contribution in [2.75, 3.05) is 27.2 Å². The molecular formula is C16H24N2O. The number of carbonyl (C=O) groups is 1. The van der Waals surface area contributed by atoms with Crippen LogP contribution in [0.5, 0.6) is 0 Å². The molecule has 1 amide bonds. The van der Waals surface area contributed by atoms with Gasteiger partial charge >= 0.3 is 0 Å². The lowest BCUT2D eigenvalue weighted by Gasteiger charge is -2.23. The molecule has 0 aromatic heterocycles. The smallest absolute Gasteiger partial charge is 0.229 e. The van der Waals surface area contributed by atoms with Crippen LogP contribution in [0.1, 0.15) is 24.0 Å². The van der Waals surface area contributed by atoms with E-state index in [1.807, 2.05) is 19.0 Å². The van der Waals surface area contributed by atoms with Crippen LogP contribution < -0.4 is 5.32 Å². The number of hydrogen-bond acceptors (Lipinski definition) is 2. The average Bonchev–Trinajstić information content (AvgIpc) is 3.16. The summed E-state index contributed by atoms with van der Waals surface area (Å²) >= 11 is 0. The molecule has 2 rings (SSSR count). The van der Waals surface area contributed by atoms with Crippen LogP contribution in [0.2, 0.25) is 0 Å². The van der Waals surface area contributed by atoms with Gasteiger partial charge in [-0.1, -0.05) is 29.8 Å². The van der Waals surface area contributed by atoms with E-state index in [2.05, 4.69) is 36.5 Å². The Morgan fingerprint density at radius 3 is 2.74 bits per heavy atom. The van der Waals surface area contributed by atoms with Gasteiger partial charge in [-0.05, 0) is 38.8 Å². The highest BCUT2D eigenvalue weighted by Gasteiger charge is 2.50. The summed E-state index contributed by atoms with van der Waals surface area (Å²) in [5.74, 6) is 0.300. The van der Waals surface area contributed by atoms with E-state index in [0.29, 0.717) is 5.91 Å². The fourth-order valence-corrected chi connectivity index (χ4v) is 2.63. The lowest BCUT2D eigenvalue weighted by atomic mass is 10.0. The molecule has 1 aromatic rings. The second-order valence-corrected chi connectivity index (χ2v) is 5.78. The Bertz CT molecular complexity index is 452. The molecule has 0 radical (unpaired) electrons. The minimum Gasteiger partial charge on any atom is -0.345 e. The monoisotopic (exact) mass is 260 g/mol. The van der Waals surface area contributed by atoms with Crippen LogP contribution in [0.25, 0.3) is 0 Å². The van der Waals surface area contributed by atoms with Crippen LogP contribution in [-0.4, -0.2) is 38.0 Å². The molecule has 1 fully saturated rings. The molecule has 3 nitrogen and oxygen atoms in total. The van der Waals surface area contributed by atoms with Crippen molar-refractivity contribution in [3.05, 3.63) is 35.4 Å². The third-order valence-corrected chi connectivity index (χ3v) is 3.99. The molecule has 1 aliphatic carbocycles. The molecule has 0 atom stereocenters. The van der Waals surface area contributed by atoms with Gasteiger partial charge in [0.1, 0.15) is 0 Å². The molecule has 0 spiro atoms. The second-order valence-electron chi connectivity index (χ2n) is 5.78. The van der Waals surface area contributed by atoms with Crippen molar-refractivity contribution in [2.24, 2.45) is 5.41 Å². The first-order chi connectivity index (χ1) is 9.07. The van der Waals surface area contributed by atoms with Crippen LogP contribution in [0.3, 0.4) is 0 Å². The SMILES string of the molecule is CNCC1(C(=O)N(C)CCc2cccc(C)c2)CC1. The summed E-state index contributed by atoms with van der Waals surface area (Å²) in [5, 5.41) is 3.14. The highest BCUT2D eigenvalue weighted by Crippen LogP contribution is 2.46. The van der Waals surface area contributed by atoms with Gasteiger partial charge in [0.15, 0.2) is 0 Å². The molecule has 0 bridgehead atoms. The maximum atomic E-state index is 12.4.